The molecule has 0 aliphatic carbocycles. The van der Waals surface area contributed by atoms with Gasteiger partial charge in [0.2, 0.25) is 5.91 Å². The first-order valence-corrected chi connectivity index (χ1v) is 5.91. The number of benzene rings is 1. The fourth-order valence-corrected chi connectivity index (χ4v) is 2.13. The van der Waals surface area contributed by atoms with E-state index in [1.807, 2.05) is 26.8 Å². The fraction of sp³-hybridized carbons (Fsp3) is 0.417. The lowest BCUT2D eigenvalue weighted by molar-refractivity contribution is -0.116. The van der Waals surface area contributed by atoms with Crippen molar-refractivity contribution in [2.24, 2.45) is 0 Å². The number of rotatable bonds is 2. The average Bonchev–Trinajstić information content (AvgIpc) is 2.23. The van der Waals surface area contributed by atoms with Gasteiger partial charge in [0.15, 0.2) is 0 Å². The number of anilines is 1. The highest BCUT2D eigenvalue weighted by molar-refractivity contribution is 6.32. The molecule has 0 bridgehead atoms. The van der Waals surface area contributed by atoms with Crippen LogP contribution in [0.1, 0.15) is 23.6 Å². The average molecular weight is 260 g/mol. The summed E-state index contributed by atoms with van der Waals surface area (Å²) in [4.78, 5) is 12.9. The van der Waals surface area contributed by atoms with E-state index in [4.69, 9.17) is 23.2 Å². The van der Waals surface area contributed by atoms with Crippen molar-refractivity contribution in [3.63, 3.8) is 0 Å². The lowest BCUT2D eigenvalue weighted by atomic mass is 10.0. The second kappa shape index (κ2) is 5.07. The molecule has 0 aromatic heterocycles. The summed E-state index contributed by atoms with van der Waals surface area (Å²) in [5, 5.41) is 0.700. The van der Waals surface area contributed by atoms with Gasteiger partial charge >= 0.3 is 0 Å². The van der Waals surface area contributed by atoms with Gasteiger partial charge in [-0.05, 0) is 43.5 Å². The molecule has 88 valence electrons. The normalized spacial score (nSPS) is 10.4. The van der Waals surface area contributed by atoms with Gasteiger partial charge in [-0.15, -0.1) is 11.6 Å². The first-order chi connectivity index (χ1) is 7.40. The van der Waals surface area contributed by atoms with Crippen LogP contribution in [0.15, 0.2) is 6.07 Å². The van der Waals surface area contributed by atoms with Crippen LogP contribution in [0.5, 0.6) is 0 Å². The van der Waals surface area contributed by atoms with Crippen molar-refractivity contribution in [1.29, 1.82) is 0 Å². The highest BCUT2D eigenvalue weighted by atomic mass is 35.5. The Hall–Kier alpha value is -0.730. The van der Waals surface area contributed by atoms with Crippen LogP contribution in [-0.2, 0) is 4.79 Å². The standard InChI is InChI=1S/C12H15Cl2NO/c1-7-5-11(15(6-13)10(4)16)9(3)12(14)8(7)2/h5H,6H2,1-4H3. The van der Waals surface area contributed by atoms with Gasteiger partial charge in [0.05, 0.1) is 0 Å². The summed E-state index contributed by atoms with van der Waals surface area (Å²) >= 11 is 12.0. The van der Waals surface area contributed by atoms with Gasteiger partial charge in [-0.2, -0.15) is 0 Å². The molecule has 0 saturated carbocycles. The Kier molecular flexibility index (Phi) is 4.22. The van der Waals surface area contributed by atoms with Gasteiger partial charge in [-0.3, -0.25) is 9.69 Å². The van der Waals surface area contributed by atoms with E-state index in [2.05, 4.69) is 0 Å². The Labute approximate surface area is 106 Å². The number of alkyl halides is 1. The van der Waals surface area contributed by atoms with Crippen molar-refractivity contribution in [3.8, 4) is 0 Å². The van der Waals surface area contributed by atoms with Crippen LogP contribution in [0, 0.1) is 20.8 Å². The Morgan fingerprint density at radius 2 is 1.88 bits per heavy atom. The summed E-state index contributed by atoms with van der Waals surface area (Å²) in [6, 6.07) is 2.08. The summed E-state index contributed by atoms with van der Waals surface area (Å²) in [5.41, 5.74) is 3.78. The van der Waals surface area contributed by atoms with Crippen molar-refractivity contribution < 1.29 is 4.79 Å². The van der Waals surface area contributed by atoms with Crippen molar-refractivity contribution in [2.45, 2.75) is 27.7 Å². The van der Waals surface area contributed by atoms with E-state index >= 15 is 0 Å². The van der Waals surface area contributed by atoms with Crippen molar-refractivity contribution in [1.82, 2.24) is 0 Å². The van der Waals surface area contributed by atoms with Crippen LogP contribution < -0.4 is 4.90 Å². The van der Waals surface area contributed by atoms with E-state index in [-0.39, 0.29) is 11.9 Å². The molecule has 2 nitrogen and oxygen atoms in total. The number of hydrogen-bond donors (Lipinski definition) is 0. The smallest absolute Gasteiger partial charge is 0.224 e. The summed E-state index contributed by atoms with van der Waals surface area (Å²) in [6.07, 6.45) is 0. The number of amides is 1. The molecule has 1 amide bonds. The summed E-state index contributed by atoms with van der Waals surface area (Å²) in [5.74, 6) is -0.0857. The second-order valence-corrected chi connectivity index (χ2v) is 4.46. The zero-order valence-electron chi connectivity index (χ0n) is 9.90. The van der Waals surface area contributed by atoms with Gasteiger partial charge in [0.1, 0.15) is 6.00 Å². The highest BCUT2D eigenvalue weighted by Crippen LogP contribution is 2.32. The molecule has 0 N–H and O–H groups in total. The molecular formula is C12H15Cl2NO. The maximum atomic E-state index is 11.4. The Morgan fingerprint density at radius 3 is 2.31 bits per heavy atom. The molecule has 0 aliphatic rings. The van der Waals surface area contributed by atoms with Gasteiger partial charge < -0.3 is 0 Å². The molecule has 1 aromatic rings. The molecule has 0 fully saturated rings. The lowest BCUT2D eigenvalue weighted by Gasteiger charge is -2.22. The van der Waals surface area contributed by atoms with Crippen LogP contribution in [0.2, 0.25) is 5.02 Å². The number of carbonyl (C=O) groups is 1. The molecule has 0 saturated heterocycles. The maximum Gasteiger partial charge on any atom is 0.224 e. The zero-order valence-corrected chi connectivity index (χ0v) is 11.4. The third-order valence-corrected chi connectivity index (χ3v) is 3.58. The Bertz CT molecular complexity index is 430. The van der Waals surface area contributed by atoms with Gasteiger partial charge in [-0.1, -0.05) is 11.6 Å². The Morgan fingerprint density at radius 1 is 1.31 bits per heavy atom. The van der Waals surface area contributed by atoms with Crippen LogP contribution in [0.25, 0.3) is 0 Å². The molecule has 0 atom stereocenters. The van der Waals surface area contributed by atoms with Crippen molar-refractivity contribution in [3.05, 3.63) is 27.8 Å². The molecule has 4 heteroatoms. The first kappa shape index (κ1) is 13.3. The van der Waals surface area contributed by atoms with Crippen LogP contribution in [0.3, 0.4) is 0 Å². The van der Waals surface area contributed by atoms with E-state index in [1.54, 1.807) is 0 Å². The second-order valence-electron chi connectivity index (χ2n) is 3.84. The topological polar surface area (TPSA) is 20.3 Å². The third kappa shape index (κ3) is 2.33. The van der Waals surface area contributed by atoms with Crippen molar-refractivity contribution >= 4 is 34.8 Å². The number of nitrogens with zero attached hydrogens (tertiary/aromatic N) is 1. The monoisotopic (exact) mass is 259 g/mol. The Balaban J connectivity index is 3.39. The van der Waals surface area contributed by atoms with E-state index in [9.17, 15) is 4.79 Å². The predicted molar refractivity (Wildman–Crippen MR) is 69.5 cm³/mol. The quantitative estimate of drug-likeness (QED) is 0.584. The molecule has 0 heterocycles. The minimum atomic E-state index is -0.0857. The highest BCUT2D eigenvalue weighted by Gasteiger charge is 2.16. The molecule has 0 aliphatic heterocycles. The third-order valence-electron chi connectivity index (χ3n) is 2.78. The van der Waals surface area contributed by atoms with Crippen LogP contribution in [0.4, 0.5) is 5.69 Å². The van der Waals surface area contributed by atoms with E-state index in [0.717, 1.165) is 22.4 Å². The van der Waals surface area contributed by atoms with E-state index in [1.165, 1.54) is 11.8 Å². The van der Waals surface area contributed by atoms with Crippen LogP contribution in [-0.4, -0.2) is 11.9 Å². The maximum absolute atomic E-state index is 11.4. The summed E-state index contributed by atoms with van der Waals surface area (Å²) in [7, 11) is 0. The first-order valence-electron chi connectivity index (χ1n) is 5.00. The van der Waals surface area contributed by atoms with Gasteiger partial charge in [-0.25, -0.2) is 0 Å². The molecule has 0 unspecified atom stereocenters. The fourth-order valence-electron chi connectivity index (χ4n) is 1.59. The largest absolute Gasteiger partial charge is 0.298 e. The predicted octanol–water partition coefficient (Wildman–Crippen LogP) is 3.81. The molecule has 1 aromatic carbocycles. The SMILES string of the molecule is CC(=O)N(CCl)c1cc(C)c(C)c(Cl)c1C. The van der Waals surface area contributed by atoms with Crippen molar-refractivity contribution in [2.75, 3.05) is 10.9 Å². The number of halogens is 2. The molecule has 0 spiro atoms. The molecule has 0 radical (unpaired) electrons. The minimum Gasteiger partial charge on any atom is -0.298 e. The number of hydrogen-bond acceptors (Lipinski definition) is 1. The van der Waals surface area contributed by atoms with Crippen LogP contribution >= 0.6 is 23.2 Å². The summed E-state index contributed by atoms with van der Waals surface area (Å²) in [6.45, 7) is 7.32. The van der Waals surface area contributed by atoms with Gasteiger partial charge in [0.25, 0.3) is 0 Å². The lowest BCUT2D eigenvalue weighted by Crippen LogP contribution is -2.27. The summed E-state index contributed by atoms with van der Waals surface area (Å²) < 4.78 is 0. The number of carbonyl (C=O) groups excluding carboxylic acids is 1. The van der Waals surface area contributed by atoms with E-state index in [0.29, 0.717) is 5.02 Å². The van der Waals surface area contributed by atoms with E-state index < -0.39 is 0 Å². The zero-order chi connectivity index (χ0) is 12.5. The molecule has 1 rings (SSSR count). The van der Waals surface area contributed by atoms with Gasteiger partial charge in [0, 0.05) is 17.6 Å². The minimum absolute atomic E-state index is 0.0857. The number of aryl methyl sites for hydroxylation is 1. The molecule has 16 heavy (non-hydrogen) atoms. The molecular weight excluding hydrogens is 245 g/mol.